The van der Waals surface area contributed by atoms with E-state index in [2.05, 4.69) is 29.1 Å². The molecule has 0 atom stereocenters. The molecule has 0 saturated carbocycles. The third-order valence-electron chi connectivity index (χ3n) is 6.13. The van der Waals surface area contributed by atoms with Gasteiger partial charge < -0.3 is 19.9 Å². The minimum atomic E-state index is -3.65. The summed E-state index contributed by atoms with van der Waals surface area (Å²) in [7, 11) is -1.58. The Morgan fingerprint density at radius 3 is 2.24 bits per heavy atom. The summed E-state index contributed by atoms with van der Waals surface area (Å²) in [5, 5.41) is 2.90. The van der Waals surface area contributed by atoms with Gasteiger partial charge in [-0.1, -0.05) is 32.9 Å². The zero-order chi connectivity index (χ0) is 24.7. The first kappa shape index (κ1) is 26.0. The summed E-state index contributed by atoms with van der Waals surface area (Å²) in [6.07, 6.45) is 0.933. The van der Waals surface area contributed by atoms with E-state index in [9.17, 15) is 13.2 Å². The fraction of sp³-hybridized carbons (Fsp3) is 0.480. The molecule has 0 bridgehead atoms. The third-order valence-corrected chi connectivity index (χ3v) is 8.18. The number of ether oxygens (including phenoxy) is 1. The number of rotatable bonds is 10. The molecular formula is C25H36N4O4S. The van der Waals surface area contributed by atoms with Crippen LogP contribution in [0.25, 0.3) is 0 Å². The van der Waals surface area contributed by atoms with Crippen LogP contribution in [0.1, 0.15) is 26.3 Å². The molecule has 2 aromatic carbocycles. The molecule has 3 rings (SSSR count). The monoisotopic (exact) mass is 488 g/mol. The largest absolute Gasteiger partial charge is 0.484 e. The van der Waals surface area contributed by atoms with Crippen molar-refractivity contribution in [3.63, 3.8) is 0 Å². The number of carbonyl (C=O) groups is 1. The standard InChI is InChI=1S/C25H36N4O4S/c1-5-20-8-10-21(11-9-20)33-19-25(30)26-23-18-22(34(31,32)29(6-2)7-3)12-13-24(23)28-16-14-27(4)15-17-28/h8-13,18H,5-7,14-17,19H2,1-4H3,(H,26,30). The van der Waals surface area contributed by atoms with Gasteiger partial charge in [0, 0.05) is 39.3 Å². The molecule has 0 spiro atoms. The van der Waals surface area contributed by atoms with E-state index in [0.717, 1.165) is 38.3 Å². The van der Waals surface area contributed by atoms with E-state index in [-0.39, 0.29) is 17.4 Å². The number of aryl methyl sites for hydroxylation is 1. The first-order valence-electron chi connectivity index (χ1n) is 11.9. The lowest BCUT2D eigenvalue weighted by molar-refractivity contribution is -0.118. The van der Waals surface area contributed by atoms with E-state index in [1.165, 1.54) is 9.87 Å². The topological polar surface area (TPSA) is 82.2 Å². The van der Waals surface area contributed by atoms with Gasteiger partial charge >= 0.3 is 0 Å². The van der Waals surface area contributed by atoms with Gasteiger partial charge in [0.05, 0.1) is 16.3 Å². The number of hydrogen-bond acceptors (Lipinski definition) is 6. The molecule has 1 aliphatic rings. The highest BCUT2D eigenvalue weighted by Crippen LogP contribution is 2.31. The average molecular weight is 489 g/mol. The molecule has 0 radical (unpaired) electrons. The van der Waals surface area contributed by atoms with Crippen LogP contribution in [0, 0.1) is 0 Å². The fourth-order valence-electron chi connectivity index (χ4n) is 3.97. The Morgan fingerprint density at radius 1 is 1.00 bits per heavy atom. The van der Waals surface area contributed by atoms with Crippen LogP contribution in [0.4, 0.5) is 11.4 Å². The maximum atomic E-state index is 13.1. The third kappa shape index (κ3) is 6.28. The Bertz CT molecular complexity index is 1060. The number of piperazine rings is 1. The number of amides is 1. The predicted octanol–water partition coefficient (Wildman–Crippen LogP) is 3.05. The highest BCUT2D eigenvalue weighted by Gasteiger charge is 2.25. The van der Waals surface area contributed by atoms with Gasteiger partial charge in [0.1, 0.15) is 5.75 Å². The quantitative estimate of drug-likeness (QED) is 0.554. The summed E-state index contributed by atoms with van der Waals surface area (Å²) in [4.78, 5) is 17.4. The van der Waals surface area contributed by atoms with E-state index in [1.807, 2.05) is 38.1 Å². The van der Waals surface area contributed by atoms with Gasteiger partial charge in [-0.15, -0.1) is 0 Å². The molecule has 2 aromatic rings. The smallest absolute Gasteiger partial charge is 0.262 e. The van der Waals surface area contributed by atoms with Gasteiger partial charge in [-0.25, -0.2) is 8.42 Å². The van der Waals surface area contributed by atoms with Gasteiger partial charge in [-0.3, -0.25) is 4.79 Å². The normalized spacial score (nSPS) is 14.9. The Hall–Kier alpha value is -2.62. The second-order valence-electron chi connectivity index (χ2n) is 8.39. The highest BCUT2D eigenvalue weighted by molar-refractivity contribution is 7.89. The summed E-state index contributed by atoms with van der Waals surface area (Å²) in [5.41, 5.74) is 2.49. The van der Waals surface area contributed by atoms with Crippen LogP contribution in [-0.2, 0) is 21.2 Å². The number of nitrogens with zero attached hydrogens (tertiary/aromatic N) is 3. The van der Waals surface area contributed by atoms with Gasteiger partial charge in [-0.2, -0.15) is 4.31 Å². The lowest BCUT2D eigenvalue weighted by Gasteiger charge is -2.35. The lowest BCUT2D eigenvalue weighted by atomic mass is 10.2. The van der Waals surface area contributed by atoms with Crippen LogP contribution in [0.5, 0.6) is 5.75 Å². The number of likely N-dealkylation sites (N-methyl/N-ethyl adjacent to an activating group) is 1. The van der Waals surface area contributed by atoms with E-state index >= 15 is 0 Å². The Kier molecular flexibility index (Phi) is 8.93. The first-order valence-corrected chi connectivity index (χ1v) is 13.3. The average Bonchev–Trinajstić information content (AvgIpc) is 2.84. The van der Waals surface area contributed by atoms with Gasteiger partial charge in [-0.05, 0) is 49.4 Å². The van der Waals surface area contributed by atoms with Crippen molar-refractivity contribution >= 4 is 27.3 Å². The minimum Gasteiger partial charge on any atom is -0.484 e. The van der Waals surface area contributed by atoms with Crippen LogP contribution < -0.4 is 15.0 Å². The first-order chi connectivity index (χ1) is 16.3. The van der Waals surface area contributed by atoms with Crippen molar-refractivity contribution in [3.8, 4) is 5.75 Å². The maximum Gasteiger partial charge on any atom is 0.262 e. The fourth-order valence-corrected chi connectivity index (χ4v) is 5.45. The zero-order valence-corrected chi connectivity index (χ0v) is 21.4. The van der Waals surface area contributed by atoms with Crippen LogP contribution in [0.3, 0.4) is 0 Å². The molecule has 1 amide bonds. The summed E-state index contributed by atoms with van der Waals surface area (Å²) < 4.78 is 33.2. The Labute approximate surface area is 203 Å². The van der Waals surface area contributed by atoms with Crippen molar-refractivity contribution in [2.45, 2.75) is 32.1 Å². The highest BCUT2D eigenvalue weighted by atomic mass is 32.2. The molecule has 8 nitrogen and oxygen atoms in total. The summed E-state index contributed by atoms with van der Waals surface area (Å²) in [5.74, 6) is 0.275. The van der Waals surface area contributed by atoms with Crippen molar-refractivity contribution in [1.29, 1.82) is 0 Å². The molecule has 1 heterocycles. The Morgan fingerprint density at radius 2 is 1.65 bits per heavy atom. The van der Waals surface area contributed by atoms with E-state index in [0.29, 0.717) is 24.5 Å². The lowest BCUT2D eigenvalue weighted by Crippen LogP contribution is -2.44. The number of carbonyl (C=O) groups excluding carboxylic acids is 1. The van der Waals surface area contributed by atoms with Crippen LogP contribution >= 0.6 is 0 Å². The SMILES string of the molecule is CCc1ccc(OCC(=O)Nc2cc(S(=O)(=O)N(CC)CC)ccc2N2CCN(C)CC2)cc1. The molecule has 186 valence electrons. The van der Waals surface area contributed by atoms with E-state index in [1.54, 1.807) is 18.2 Å². The second-order valence-corrected chi connectivity index (χ2v) is 10.3. The molecule has 34 heavy (non-hydrogen) atoms. The van der Waals surface area contributed by atoms with Crippen LogP contribution in [-0.4, -0.2) is 76.5 Å². The van der Waals surface area contributed by atoms with Gasteiger partial charge in [0.15, 0.2) is 6.61 Å². The molecule has 0 unspecified atom stereocenters. The number of anilines is 2. The molecular weight excluding hydrogens is 452 g/mol. The summed E-state index contributed by atoms with van der Waals surface area (Å²) in [6.45, 7) is 9.67. The molecule has 1 saturated heterocycles. The number of benzene rings is 2. The molecule has 1 N–H and O–H groups in total. The van der Waals surface area contributed by atoms with Crippen molar-refractivity contribution in [1.82, 2.24) is 9.21 Å². The van der Waals surface area contributed by atoms with E-state index in [4.69, 9.17) is 4.74 Å². The molecule has 0 aliphatic carbocycles. The van der Waals surface area contributed by atoms with Gasteiger partial charge in [0.25, 0.3) is 5.91 Å². The van der Waals surface area contributed by atoms with Crippen LogP contribution in [0.15, 0.2) is 47.4 Å². The van der Waals surface area contributed by atoms with Crippen molar-refractivity contribution in [2.75, 3.05) is 63.1 Å². The second kappa shape index (κ2) is 11.7. The minimum absolute atomic E-state index is 0.166. The van der Waals surface area contributed by atoms with Crippen molar-refractivity contribution in [2.24, 2.45) is 0 Å². The zero-order valence-electron chi connectivity index (χ0n) is 20.6. The van der Waals surface area contributed by atoms with E-state index < -0.39 is 10.0 Å². The van der Waals surface area contributed by atoms with Crippen molar-refractivity contribution < 1.29 is 17.9 Å². The molecule has 9 heteroatoms. The predicted molar refractivity (Wildman–Crippen MR) is 136 cm³/mol. The van der Waals surface area contributed by atoms with Gasteiger partial charge in [0.2, 0.25) is 10.0 Å². The van der Waals surface area contributed by atoms with Crippen molar-refractivity contribution in [3.05, 3.63) is 48.0 Å². The van der Waals surface area contributed by atoms with Crippen LogP contribution in [0.2, 0.25) is 0 Å². The number of nitrogens with one attached hydrogen (secondary N) is 1. The number of hydrogen-bond donors (Lipinski definition) is 1. The summed E-state index contributed by atoms with van der Waals surface area (Å²) >= 11 is 0. The number of sulfonamides is 1. The summed E-state index contributed by atoms with van der Waals surface area (Å²) in [6, 6.07) is 12.6. The maximum absolute atomic E-state index is 13.1. The molecule has 0 aromatic heterocycles. The Balaban J connectivity index is 1.82. The molecule has 1 aliphatic heterocycles. The molecule has 1 fully saturated rings.